The van der Waals surface area contributed by atoms with Gasteiger partial charge >= 0.3 is 12.0 Å². The van der Waals surface area contributed by atoms with E-state index in [-0.39, 0.29) is 18.5 Å². The van der Waals surface area contributed by atoms with Crippen LogP contribution in [0.1, 0.15) is 16.8 Å². The van der Waals surface area contributed by atoms with E-state index in [1.165, 1.54) is 4.90 Å². The minimum atomic E-state index is -0.883. The zero-order chi connectivity index (χ0) is 19.1. The molecular weight excluding hydrogens is 334 g/mol. The second kappa shape index (κ2) is 8.84. The van der Waals surface area contributed by atoms with Crippen LogP contribution in [0.4, 0.5) is 10.5 Å². The van der Waals surface area contributed by atoms with Crippen molar-refractivity contribution in [3.05, 3.63) is 55.1 Å². The average Bonchev–Trinajstić information content (AvgIpc) is 3.12. The molecule has 0 aromatic heterocycles. The first kappa shape index (κ1) is 19.2. The third-order valence-corrected chi connectivity index (χ3v) is 4.19. The fourth-order valence-corrected chi connectivity index (χ4v) is 2.78. The highest BCUT2D eigenvalue weighted by molar-refractivity contribution is 5.96. The third-order valence-electron chi connectivity index (χ3n) is 4.19. The standard InChI is InChI=1S/C19H23N3O4/c1-3-10-21(11-4-2)17(23)14-5-7-16(8-6-14)20-19(26)22-12-9-15(13-22)18(24)25/h3-8,15H,1-2,9-13H2,(H,20,26)(H,24,25). The number of carbonyl (C=O) groups is 3. The molecule has 1 atom stereocenters. The van der Waals surface area contributed by atoms with Crippen molar-refractivity contribution >= 4 is 23.6 Å². The van der Waals surface area contributed by atoms with Gasteiger partial charge in [-0.2, -0.15) is 0 Å². The summed E-state index contributed by atoms with van der Waals surface area (Å²) in [5.74, 6) is -1.54. The van der Waals surface area contributed by atoms with Crippen molar-refractivity contribution in [1.29, 1.82) is 0 Å². The van der Waals surface area contributed by atoms with E-state index in [0.717, 1.165) is 0 Å². The molecule has 7 nitrogen and oxygen atoms in total. The van der Waals surface area contributed by atoms with Crippen LogP contribution in [0.2, 0.25) is 0 Å². The summed E-state index contributed by atoms with van der Waals surface area (Å²) >= 11 is 0. The van der Waals surface area contributed by atoms with Crippen molar-refractivity contribution in [2.75, 3.05) is 31.5 Å². The number of urea groups is 1. The molecule has 1 unspecified atom stereocenters. The summed E-state index contributed by atoms with van der Waals surface area (Å²) in [6.07, 6.45) is 3.76. The molecule has 0 aliphatic carbocycles. The number of nitrogens with one attached hydrogen (secondary N) is 1. The SMILES string of the molecule is C=CCN(CC=C)C(=O)c1ccc(NC(=O)N2CCC(C(=O)O)C2)cc1. The van der Waals surface area contributed by atoms with Gasteiger partial charge in [-0.25, -0.2) is 4.79 Å². The van der Waals surface area contributed by atoms with E-state index in [2.05, 4.69) is 18.5 Å². The number of anilines is 1. The molecule has 26 heavy (non-hydrogen) atoms. The molecule has 2 N–H and O–H groups in total. The van der Waals surface area contributed by atoms with Crippen molar-refractivity contribution in [2.45, 2.75) is 6.42 Å². The van der Waals surface area contributed by atoms with Crippen LogP contribution in [0.3, 0.4) is 0 Å². The molecule has 0 spiro atoms. The van der Waals surface area contributed by atoms with Crippen molar-refractivity contribution in [3.8, 4) is 0 Å². The van der Waals surface area contributed by atoms with Crippen molar-refractivity contribution in [2.24, 2.45) is 5.92 Å². The van der Waals surface area contributed by atoms with E-state index < -0.39 is 11.9 Å². The highest BCUT2D eigenvalue weighted by Crippen LogP contribution is 2.18. The molecule has 1 aromatic rings. The monoisotopic (exact) mass is 357 g/mol. The van der Waals surface area contributed by atoms with Crippen molar-refractivity contribution in [3.63, 3.8) is 0 Å². The maximum atomic E-state index is 12.4. The molecule has 0 bridgehead atoms. The van der Waals surface area contributed by atoms with E-state index in [4.69, 9.17) is 5.11 Å². The van der Waals surface area contributed by atoms with Crippen LogP contribution >= 0.6 is 0 Å². The van der Waals surface area contributed by atoms with Gasteiger partial charge in [0.15, 0.2) is 0 Å². The van der Waals surface area contributed by atoms with Crippen LogP contribution in [-0.2, 0) is 4.79 Å². The molecule has 1 heterocycles. The molecule has 1 saturated heterocycles. The number of carboxylic acids is 1. The lowest BCUT2D eigenvalue weighted by atomic mass is 10.1. The van der Waals surface area contributed by atoms with E-state index in [1.54, 1.807) is 41.3 Å². The predicted molar refractivity (Wildman–Crippen MR) is 99.1 cm³/mol. The number of amides is 3. The van der Waals surface area contributed by atoms with Gasteiger partial charge in [-0.3, -0.25) is 9.59 Å². The van der Waals surface area contributed by atoms with Gasteiger partial charge in [0, 0.05) is 37.4 Å². The summed E-state index contributed by atoms with van der Waals surface area (Å²) in [4.78, 5) is 38.7. The Labute approximate surface area is 152 Å². The van der Waals surface area contributed by atoms with Crippen LogP contribution in [0.5, 0.6) is 0 Å². The highest BCUT2D eigenvalue weighted by Gasteiger charge is 2.30. The molecule has 0 radical (unpaired) electrons. The number of rotatable bonds is 7. The van der Waals surface area contributed by atoms with Gasteiger partial charge in [-0.05, 0) is 30.7 Å². The summed E-state index contributed by atoms with van der Waals surface area (Å²) in [6, 6.07) is 6.24. The largest absolute Gasteiger partial charge is 0.481 e. The molecule has 1 aliphatic rings. The van der Waals surface area contributed by atoms with Gasteiger partial charge in [0.25, 0.3) is 5.91 Å². The predicted octanol–water partition coefficient (Wildman–Crippen LogP) is 2.44. The van der Waals surface area contributed by atoms with E-state index >= 15 is 0 Å². The number of aliphatic carboxylic acids is 1. The number of hydrogen-bond donors (Lipinski definition) is 2. The van der Waals surface area contributed by atoms with Gasteiger partial charge in [0.2, 0.25) is 0 Å². The van der Waals surface area contributed by atoms with Gasteiger partial charge in [-0.1, -0.05) is 12.2 Å². The number of nitrogens with zero attached hydrogens (tertiary/aromatic N) is 2. The molecular formula is C19H23N3O4. The summed E-state index contributed by atoms with van der Waals surface area (Å²) in [5, 5.41) is 11.7. The van der Waals surface area contributed by atoms with Crippen molar-refractivity contribution < 1.29 is 19.5 Å². The Morgan fingerprint density at radius 1 is 1.19 bits per heavy atom. The summed E-state index contributed by atoms with van der Waals surface area (Å²) < 4.78 is 0. The number of hydrogen-bond acceptors (Lipinski definition) is 3. The number of likely N-dealkylation sites (tertiary alicyclic amines) is 1. The zero-order valence-electron chi connectivity index (χ0n) is 14.6. The Balaban J connectivity index is 1.97. The molecule has 138 valence electrons. The van der Waals surface area contributed by atoms with Gasteiger partial charge in [-0.15, -0.1) is 13.2 Å². The Kier molecular flexibility index (Phi) is 6.54. The first-order valence-corrected chi connectivity index (χ1v) is 8.36. The third kappa shape index (κ3) is 4.72. The summed E-state index contributed by atoms with van der Waals surface area (Å²) in [6.45, 7) is 8.74. The normalized spacial score (nSPS) is 16.0. The maximum absolute atomic E-state index is 12.4. The van der Waals surface area contributed by atoms with Crippen LogP contribution in [0, 0.1) is 5.92 Å². The number of carbonyl (C=O) groups excluding carboxylic acids is 2. The summed E-state index contributed by atoms with van der Waals surface area (Å²) in [7, 11) is 0. The van der Waals surface area contributed by atoms with Gasteiger partial charge in [0.1, 0.15) is 0 Å². The second-order valence-electron chi connectivity index (χ2n) is 6.06. The Morgan fingerprint density at radius 2 is 1.81 bits per heavy atom. The zero-order valence-corrected chi connectivity index (χ0v) is 14.6. The first-order valence-electron chi connectivity index (χ1n) is 8.36. The van der Waals surface area contributed by atoms with Crippen LogP contribution in [-0.4, -0.2) is 59.0 Å². The van der Waals surface area contributed by atoms with Gasteiger partial charge < -0.3 is 20.2 Å². The molecule has 1 aliphatic heterocycles. The summed E-state index contributed by atoms with van der Waals surface area (Å²) in [5.41, 5.74) is 1.04. The fourth-order valence-electron chi connectivity index (χ4n) is 2.78. The molecule has 7 heteroatoms. The molecule has 0 saturated carbocycles. The van der Waals surface area contributed by atoms with Crippen LogP contribution < -0.4 is 5.32 Å². The van der Waals surface area contributed by atoms with Crippen LogP contribution in [0.25, 0.3) is 0 Å². The fraction of sp³-hybridized carbons (Fsp3) is 0.316. The van der Waals surface area contributed by atoms with E-state index in [0.29, 0.717) is 37.3 Å². The maximum Gasteiger partial charge on any atom is 0.321 e. The minimum absolute atomic E-state index is 0.147. The lowest BCUT2D eigenvalue weighted by Gasteiger charge is -2.20. The Morgan fingerprint density at radius 3 is 2.31 bits per heavy atom. The van der Waals surface area contributed by atoms with E-state index in [1.807, 2.05) is 0 Å². The second-order valence-corrected chi connectivity index (χ2v) is 6.06. The van der Waals surface area contributed by atoms with Crippen LogP contribution in [0.15, 0.2) is 49.6 Å². The molecule has 1 fully saturated rings. The molecule has 2 rings (SSSR count). The molecule has 3 amide bonds. The Bertz CT molecular complexity index is 689. The minimum Gasteiger partial charge on any atom is -0.481 e. The number of benzene rings is 1. The lowest BCUT2D eigenvalue weighted by Crippen LogP contribution is -2.34. The van der Waals surface area contributed by atoms with E-state index in [9.17, 15) is 14.4 Å². The smallest absolute Gasteiger partial charge is 0.321 e. The number of carboxylic acid groups (broad SMARTS) is 1. The van der Waals surface area contributed by atoms with Gasteiger partial charge in [0.05, 0.1) is 5.92 Å². The highest BCUT2D eigenvalue weighted by atomic mass is 16.4. The van der Waals surface area contributed by atoms with Crippen molar-refractivity contribution in [1.82, 2.24) is 9.80 Å². The first-order chi connectivity index (χ1) is 12.5. The quantitative estimate of drug-likeness (QED) is 0.734. The average molecular weight is 357 g/mol. The Hall–Kier alpha value is -3.09. The lowest BCUT2D eigenvalue weighted by molar-refractivity contribution is -0.141. The topological polar surface area (TPSA) is 90.0 Å². The molecule has 1 aromatic carbocycles.